The molecule has 18 heavy (non-hydrogen) atoms. The molecule has 1 atom stereocenters. The van der Waals surface area contributed by atoms with E-state index in [1.807, 2.05) is 19.1 Å². The molecule has 0 aliphatic rings. The maximum absolute atomic E-state index is 12.0. The number of primary amides is 1. The van der Waals surface area contributed by atoms with E-state index in [-0.39, 0.29) is 0 Å². The molecule has 0 saturated carbocycles. The Labute approximate surface area is 113 Å². The number of aliphatic hydroxyl groups is 1. The first-order valence-corrected chi connectivity index (χ1v) is 6.28. The van der Waals surface area contributed by atoms with Gasteiger partial charge in [-0.25, -0.2) is 0 Å². The van der Waals surface area contributed by atoms with E-state index >= 15 is 0 Å². The van der Waals surface area contributed by atoms with Crippen molar-refractivity contribution in [2.45, 2.75) is 19.4 Å². The molecule has 0 aromatic heterocycles. The third-order valence-corrected chi connectivity index (χ3v) is 3.02. The minimum absolute atomic E-state index is 0.425. The van der Waals surface area contributed by atoms with E-state index in [1.165, 1.54) is 0 Å². The van der Waals surface area contributed by atoms with Gasteiger partial charge in [0.05, 0.1) is 6.61 Å². The molecule has 1 aromatic carbocycles. The summed E-state index contributed by atoms with van der Waals surface area (Å²) in [6.07, 6.45) is 0.691. The fraction of sp³-hybridized carbons (Fsp3) is 0.333. The first-order chi connectivity index (χ1) is 8.49. The van der Waals surface area contributed by atoms with Gasteiger partial charge in [0.25, 0.3) is 5.91 Å². The predicted molar refractivity (Wildman–Crippen MR) is 71.1 cm³/mol. The molecular formula is C12H15BrN2O3. The summed E-state index contributed by atoms with van der Waals surface area (Å²) in [7, 11) is 0. The molecule has 4 N–H and O–H groups in total. The standard InChI is InChI=1S/C12H15BrN2O3/c1-2-7-3-4-8(13)5-9(7)12(18)15-10(6-16)11(14)17/h3-5,10,16H,2,6H2,1H3,(H2,14,17)(H,15,18)/t10-/m0/s1. The first kappa shape index (κ1) is 14.7. The highest BCUT2D eigenvalue weighted by molar-refractivity contribution is 9.10. The van der Waals surface area contributed by atoms with Gasteiger partial charge in [-0.3, -0.25) is 9.59 Å². The Morgan fingerprint density at radius 3 is 2.67 bits per heavy atom. The van der Waals surface area contributed by atoms with Crippen molar-refractivity contribution in [3.8, 4) is 0 Å². The van der Waals surface area contributed by atoms with E-state index in [2.05, 4.69) is 21.2 Å². The molecule has 0 radical (unpaired) electrons. The number of rotatable bonds is 5. The van der Waals surface area contributed by atoms with Crippen LogP contribution in [0.3, 0.4) is 0 Å². The molecule has 0 fully saturated rings. The molecule has 0 saturated heterocycles. The normalized spacial score (nSPS) is 11.9. The number of carbonyl (C=O) groups excluding carboxylic acids is 2. The summed E-state index contributed by atoms with van der Waals surface area (Å²) < 4.78 is 0.768. The van der Waals surface area contributed by atoms with Gasteiger partial charge in [0.15, 0.2) is 0 Å². The number of halogens is 1. The number of amides is 2. The molecule has 6 heteroatoms. The van der Waals surface area contributed by atoms with E-state index in [9.17, 15) is 9.59 Å². The Morgan fingerprint density at radius 2 is 2.17 bits per heavy atom. The first-order valence-electron chi connectivity index (χ1n) is 5.49. The van der Waals surface area contributed by atoms with E-state index in [0.29, 0.717) is 12.0 Å². The minimum atomic E-state index is -1.07. The molecule has 98 valence electrons. The summed E-state index contributed by atoms with van der Waals surface area (Å²) >= 11 is 3.29. The van der Waals surface area contributed by atoms with Gasteiger partial charge in [0, 0.05) is 10.0 Å². The van der Waals surface area contributed by atoms with Crippen LogP contribution in [0.15, 0.2) is 22.7 Å². The second-order valence-corrected chi connectivity index (χ2v) is 4.68. The second-order valence-electron chi connectivity index (χ2n) is 3.77. The van der Waals surface area contributed by atoms with Crippen molar-refractivity contribution < 1.29 is 14.7 Å². The summed E-state index contributed by atoms with van der Waals surface area (Å²) in [6.45, 7) is 1.41. The third kappa shape index (κ3) is 3.54. The molecule has 0 unspecified atom stereocenters. The molecule has 0 aliphatic carbocycles. The Hall–Kier alpha value is -1.40. The third-order valence-electron chi connectivity index (χ3n) is 2.53. The number of nitrogens with two attached hydrogens (primary N) is 1. The number of aryl methyl sites for hydroxylation is 1. The molecule has 0 spiro atoms. The lowest BCUT2D eigenvalue weighted by molar-refractivity contribution is -0.120. The lowest BCUT2D eigenvalue weighted by atomic mass is 10.0. The van der Waals surface area contributed by atoms with Crippen LogP contribution in [-0.4, -0.2) is 29.6 Å². The summed E-state index contributed by atoms with van der Waals surface area (Å²) in [6, 6.07) is 4.27. The minimum Gasteiger partial charge on any atom is -0.394 e. The van der Waals surface area contributed by atoms with Crippen molar-refractivity contribution in [2.75, 3.05) is 6.61 Å². The van der Waals surface area contributed by atoms with E-state index in [1.54, 1.807) is 6.07 Å². The van der Waals surface area contributed by atoms with Crippen LogP contribution >= 0.6 is 15.9 Å². The fourth-order valence-corrected chi connectivity index (χ4v) is 1.87. The van der Waals surface area contributed by atoms with Gasteiger partial charge in [-0.05, 0) is 24.1 Å². The molecular weight excluding hydrogens is 300 g/mol. The Bertz CT molecular complexity index is 463. The van der Waals surface area contributed by atoms with Gasteiger partial charge in [-0.15, -0.1) is 0 Å². The summed E-state index contributed by atoms with van der Waals surface area (Å²) in [5.41, 5.74) is 6.37. The molecule has 5 nitrogen and oxygen atoms in total. The highest BCUT2D eigenvalue weighted by Gasteiger charge is 2.19. The summed E-state index contributed by atoms with van der Waals surface area (Å²) in [4.78, 5) is 23.0. The van der Waals surface area contributed by atoms with Gasteiger partial charge in [0.2, 0.25) is 5.91 Å². The molecule has 1 aromatic rings. The van der Waals surface area contributed by atoms with Crippen molar-refractivity contribution in [1.82, 2.24) is 5.32 Å². The van der Waals surface area contributed by atoms with Crippen LogP contribution in [0.1, 0.15) is 22.8 Å². The molecule has 0 bridgehead atoms. The highest BCUT2D eigenvalue weighted by Crippen LogP contribution is 2.17. The van der Waals surface area contributed by atoms with Crippen molar-refractivity contribution in [3.05, 3.63) is 33.8 Å². The predicted octanol–water partition coefficient (Wildman–Crippen LogP) is 0.587. The monoisotopic (exact) mass is 314 g/mol. The van der Waals surface area contributed by atoms with Crippen LogP contribution in [0.25, 0.3) is 0 Å². The number of hydrogen-bond acceptors (Lipinski definition) is 3. The fourth-order valence-electron chi connectivity index (χ4n) is 1.51. The quantitative estimate of drug-likeness (QED) is 0.742. The average molecular weight is 315 g/mol. The zero-order valence-electron chi connectivity index (χ0n) is 9.94. The van der Waals surface area contributed by atoms with Crippen molar-refractivity contribution >= 4 is 27.7 Å². The summed E-state index contributed by atoms with van der Waals surface area (Å²) in [5, 5.41) is 11.3. The van der Waals surface area contributed by atoms with Gasteiger partial charge in [-0.1, -0.05) is 28.9 Å². The Kier molecular flexibility index (Phi) is 5.30. The zero-order chi connectivity index (χ0) is 13.7. The van der Waals surface area contributed by atoms with Crippen molar-refractivity contribution in [3.63, 3.8) is 0 Å². The van der Waals surface area contributed by atoms with Gasteiger partial charge < -0.3 is 16.2 Å². The molecule has 2 amide bonds. The SMILES string of the molecule is CCc1ccc(Br)cc1C(=O)N[C@@H](CO)C(N)=O. The van der Waals surface area contributed by atoms with Crippen LogP contribution in [-0.2, 0) is 11.2 Å². The number of benzene rings is 1. The number of nitrogens with one attached hydrogen (secondary N) is 1. The lowest BCUT2D eigenvalue weighted by Gasteiger charge is -2.14. The lowest BCUT2D eigenvalue weighted by Crippen LogP contribution is -2.47. The van der Waals surface area contributed by atoms with Crippen LogP contribution in [0.5, 0.6) is 0 Å². The van der Waals surface area contributed by atoms with E-state index < -0.39 is 24.5 Å². The highest BCUT2D eigenvalue weighted by atomic mass is 79.9. The van der Waals surface area contributed by atoms with Gasteiger partial charge in [-0.2, -0.15) is 0 Å². The van der Waals surface area contributed by atoms with Crippen molar-refractivity contribution in [1.29, 1.82) is 0 Å². The van der Waals surface area contributed by atoms with E-state index in [0.717, 1.165) is 10.0 Å². The van der Waals surface area contributed by atoms with Crippen LogP contribution in [0.4, 0.5) is 0 Å². The van der Waals surface area contributed by atoms with Crippen molar-refractivity contribution in [2.24, 2.45) is 5.73 Å². The number of aliphatic hydroxyl groups excluding tert-OH is 1. The topological polar surface area (TPSA) is 92.4 Å². The van der Waals surface area contributed by atoms with Crippen LogP contribution in [0, 0.1) is 0 Å². The Balaban J connectivity index is 2.96. The van der Waals surface area contributed by atoms with Crippen LogP contribution < -0.4 is 11.1 Å². The largest absolute Gasteiger partial charge is 0.394 e. The van der Waals surface area contributed by atoms with E-state index in [4.69, 9.17) is 10.8 Å². The van der Waals surface area contributed by atoms with Crippen LogP contribution in [0.2, 0.25) is 0 Å². The number of hydrogen-bond donors (Lipinski definition) is 3. The smallest absolute Gasteiger partial charge is 0.252 e. The van der Waals surface area contributed by atoms with Gasteiger partial charge >= 0.3 is 0 Å². The maximum Gasteiger partial charge on any atom is 0.252 e. The molecule has 0 aliphatic heterocycles. The average Bonchev–Trinajstić information content (AvgIpc) is 2.35. The summed E-state index contributed by atoms with van der Waals surface area (Å²) in [5.74, 6) is -1.19. The maximum atomic E-state index is 12.0. The number of carbonyl (C=O) groups is 2. The molecule has 0 heterocycles. The Morgan fingerprint density at radius 1 is 1.50 bits per heavy atom. The second kappa shape index (κ2) is 6.51. The molecule has 1 rings (SSSR count). The van der Waals surface area contributed by atoms with Gasteiger partial charge in [0.1, 0.15) is 6.04 Å². The zero-order valence-corrected chi connectivity index (χ0v) is 11.5.